The summed E-state index contributed by atoms with van der Waals surface area (Å²) in [6.07, 6.45) is 1.10. The van der Waals surface area contributed by atoms with Gasteiger partial charge in [0.15, 0.2) is 0 Å². The van der Waals surface area contributed by atoms with Crippen LogP contribution in [0.4, 0.5) is 4.79 Å². The molecule has 1 rings (SSSR count). The maximum atomic E-state index is 11.9. The van der Waals surface area contributed by atoms with E-state index in [-0.39, 0.29) is 12.1 Å². The molecular weight excluding hydrogens is 250 g/mol. The number of amides is 1. The van der Waals surface area contributed by atoms with E-state index in [1.54, 1.807) is 0 Å². The fraction of sp³-hybridized carbons (Fsp3) is 0.833. The number of likely N-dealkylation sites (tertiary alicyclic amines) is 1. The molecule has 0 saturated carbocycles. The Kier molecular flexibility index (Phi) is 5.19. The Morgan fingerprint density at radius 1 is 1.33 bits per heavy atom. The summed E-state index contributed by atoms with van der Waals surface area (Å²) in [6.45, 7) is 7.71. The first-order valence-corrected chi connectivity index (χ1v) is 10.1. The molecule has 1 aliphatic heterocycles. The Labute approximate surface area is 109 Å². The highest BCUT2D eigenvalue weighted by molar-refractivity contribution is 6.76. The van der Waals surface area contributed by atoms with Crippen molar-refractivity contribution >= 4 is 20.1 Å². The molecule has 0 aromatic heterocycles. The summed E-state index contributed by atoms with van der Waals surface area (Å²) in [5.41, 5.74) is 0. The van der Waals surface area contributed by atoms with E-state index in [4.69, 9.17) is 9.47 Å². The fourth-order valence-electron chi connectivity index (χ4n) is 1.89. The van der Waals surface area contributed by atoms with Crippen molar-refractivity contribution in [1.82, 2.24) is 4.90 Å². The molecule has 0 aromatic carbocycles. The van der Waals surface area contributed by atoms with E-state index in [0.717, 1.165) is 12.5 Å². The zero-order valence-electron chi connectivity index (χ0n) is 11.7. The van der Waals surface area contributed by atoms with Crippen molar-refractivity contribution in [3.63, 3.8) is 0 Å². The fourth-order valence-corrected chi connectivity index (χ4v) is 2.61. The molecule has 0 bridgehead atoms. The topological polar surface area (TPSA) is 55.8 Å². The Bertz CT molecular complexity index is 314. The van der Waals surface area contributed by atoms with Crippen LogP contribution in [0.1, 0.15) is 12.8 Å². The van der Waals surface area contributed by atoms with Crippen LogP contribution in [0.15, 0.2) is 0 Å². The van der Waals surface area contributed by atoms with Crippen molar-refractivity contribution in [2.45, 2.75) is 44.6 Å². The largest absolute Gasteiger partial charge is 0.467 e. The first-order chi connectivity index (χ1) is 8.35. The van der Waals surface area contributed by atoms with Gasteiger partial charge in [0.05, 0.1) is 13.7 Å². The Morgan fingerprint density at radius 3 is 2.56 bits per heavy atom. The summed E-state index contributed by atoms with van der Waals surface area (Å²) in [4.78, 5) is 24.9. The molecule has 0 unspecified atom stereocenters. The van der Waals surface area contributed by atoms with Crippen LogP contribution in [0.25, 0.3) is 0 Å². The molecule has 1 aliphatic rings. The molecule has 0 spiro atoms. The van der Waals surface area contributed by atoms with E-state index in [0.29, 0.717) is 19.6 Å². The van der Waals surface area contributed by atoms with Crippen LogP contribution in [0, 0.1) is 0 Å². The van der Waals surface area contributed by atoms with E-state index in [1.807, 2.05) is 0 Å². The Morgan fingerprint density at radius 2 is 2.00 bits per heavy atom. The number of esters is 1. The molecular formula is C12H23NO4Si. The van der Waals surface area contributed by atoms with Crippen molar-refractivity contribution in [2.24, 2.45) is 0 Å². The number of hydrogen-bond acceptors (Lipinski definition) is 4. The summed E-state index contributed by atoms with van der Waals surface area (Å²) in [5, 5.41) is 0. The number of carbonyl (C=O) groups is 2. The molecule has 0 radical (unpaired) electrons. The monoisotopic (exact) mass is 273 g/mol. The van der Waals surface area contributed by atoms with Crippen LogP contribution in [-0.4, -0.2) is 51.3 Å². The van der Waals surface area contributed by atoms with Crippen LogP contribution < -0.4 is 0 Å². The summed E-state index contributed by atoms with van der Waals surface area (Å²) >= 11 is 0. The third kappa shape index (κ3) is 4.32. The molecule has 1 atom stereocenters. The molecule has 1 heterocycles. The van der Waals surface area contributed by atoms with E-state index in [1.165, 1.54) is 12.0 Å². The van der Waals surface area contributed by atoms with E-state index in [2.05, 4.69) is 19.6 Å². The molecule has 0 aromatic rings. The van der Waals surface area contributed by atoms with Crippen LogP contribution in [-0.2, 0) is 14.3 Å². The highest BCUT2D eigenvalue weighted by atomic mass is 28.3. The summed E-state index contributed by atoms with van der Waals surface area (Å²) < 4.78 is 9.93. The molecule has 0 aliphatic carbocycles. The van der Waals surface area contributed by atoms with Crippen LogP contribution in [0.5, 0.6) is 0 Å². The number of ether oxygens (including phenoxy) is 2. The van der Waals surface area contributed by atoms with Gasteiger partial charge < -0.3 is 9.47 Å². The SMILES string of the molecule is COC(=O)[C@@H]1CCCN1C(=O)OCC[Si](C)(C)C. The normalized spacial score (nSPS) is 19.8. The van der Waals surface area contributed by atoms with Gasteiger partial charge in [-0.2, -0.15) is 0 Å². The third-order valence-electron chi connectivity index (χ3n) is 3.04. The first kappa shape index (κ1) is 15.0. The Balaban J connectivity index is 2.43. The second-order valence-electron chi connectivity index (χ2n) is 5.80. The van der Waals surface area contributed by atoms with Gasteiger partial charge in [-0.05, 0) is 18.9 Å². The lowest BCUT2D eigenvalue weighted by Gasteiger charge is -2.23. The molecule has 1 amide bonds. The lowest BCUT2D eigenvalue weighted by Crippen LogP contribution is -2.41. The lowest BCUT2D eigenvalue weighted by atomic mass is 10.2. The van der Waals surface area contributed by atoms with Gasteiger partial charge in [-0.25, -0.2) is 9.59 Å². The Hall–Kier alpha value is -1.04. The number of hydrogen-bond donors (Lipinski definition) is 0. The van der Waals surface area contributed by atoms with E-state index < -0.39 is 14.1 Å². The number of nitrogens with zero attached hydrogens (tertiary/aromatic N) is 1. The van der Waals surface area contributed by atoms with Crippen molar-refractivity contribution in [3.05, 3.63) is 0 Å². The smallest absolute Gasteiger partial charge is 0.410 e. The zero-order valence-corrected chi connectivity index (χ0v) is 12.7. The zero-order chi connectivity index (χ0) is 13.8. The summed E-state index contributed by atoms with van der Waals surface area (Å²) in [7, 11) is 0.146. The van der Waals surface area contributed by atoms with Gasteiger partial charge >= 0.3 is 12.1 Å². The highest BCUT2D eigenvalue weighted by Crippen LogP contribution is 2.19. The minimum Gasteiger partial charge on any atom is -0.467 e. The first-order valence-electron chi connectivity index (χ1n) is 6.36. The summed E-state index contributed by atoms with van der Waals surface area (Å²) in [5.74, 6) is -0.352. The van der Waals surface area contributed by atoms with Gasteiger partial charge in [0.1, 0.15) is 6.04 Å². The number of carbonyl (C=O) groups excluding carboxylic acids is 2. The average molecular weight is 273 g/mol. The minimum atomic E-state index is -1.20. The highest BCUT2D eigenvalue weighted by Gasteiger charge is 2.35. The molecule has 18 heavy (non-hydrogen) atoms. The van der Waals surface area contributed by atoms with Crippen LogP contribution in [0.3, 0.4) is 0 Å². The third-order valence-corrected chi connectivity index (χ3v) is 4.74. The van der Waals surface area contributed by atoms with Crippen molar-refractivity contribution in [1.29, 1.82) is 0 Å². The van der Waals surface area contributed by atoms with Crippen LogP contribution >= 0.6 is 0 Å². The maximum absolute atomic E-state index is 11.9. The number of methoxy groups -OCH3 is 1. The van der Waals surface area contributed by atoms with Gasteiger partial charge in [0.2, 0.25) is 0 Å². The standard InChI is InChI=1S/C12H23NO4Si/c1-16-11(14)10-6-5-7-13(10)12(15)17-8-9-18(2,3)4/h10H,5-9H2,1-4H3/t10-/m0/s1. The van der Waals surface area contributed by atoms with Crippen molar-refractivity contribution < 1.29 is 19.1 Å². The second-order valence-corrected chi connectivity index (χ2v) is 11.4. The van der Waals surface area contributed by atoms with Gasteiger partial charge in [-0.15, -0.1) is 0 Å². The van der Waals surface area contributed by atoms with Crippen LogP contribution in [0.2, 0.25) is 25.7 Å². The van der Waals surface area contributed by atoms with Crippen molar-refractivity contribution in [2.75, 3.05) is 20.3 Å². The second kappa shape index (κ2) is 6.22. The molecule has 1 fully saturated rings. The van der Waals surface area contributed by atoms with Gasteiger partial charge in [0, 0.05) is 14.6 Å². The van der Waals surface area contributed by atoms with Gasteiger partial charge in [-0.3, -0.25) is 4.90 Å². The van der Waals surface area contributed by atoms with E-state index >= 15 is 0 Å². The maximum Gasteiger partial charge on any atom is 0.410 e. The quantitative estimate of drug-likeness (QED) is 0.581. The number of rotatable bonds is 4. The van der Waals surface area contributed by atoms with Crippen molar-refractivity contribution in [3.8, 4) is 0 Å². The molecule has 0 N–H and O–H groups in total. The van der Waals surface area contributed by atoms with E-state index in [9.17, 15) is 9.59 Å². The molecule has 104 valence electrons. The molecule has 1 saturated heterocycles. The molecule has 5 nitrogen and oxygen atoms in total. The van der Waals surface area contributed by atoms with Gasteiger partial charge in [-0.1, -0.05) is 19.6 Å². The summed E-state index contributed by atoms with van der Waals surface area (Å²) in [6, 6.07) is 0.476. The molecule has 6 heteroatoms. The predicted octanol–water partition coefficient (Wildman–Crippen LogP) is 2.10. The average Bonchev–Trinajstić information content (AvgIpc) is 2.75. The van der Waals surface area contributed by atoms with Gasteiger partial charge in [0.25, 0.3) is 0 Å². The lowest BCUT2D eigenvalue weighted by molar-refractivity contribution is -0.145. The predicted molar refractivity (Wildman–Crippen MR) is 71.2 cm³/mol. The minimum absolute atomic E-state index is 0.352.